The van der Waals surface area contributed by atoms with Gasteiger partial charge in [0.1, 0.15) is 5.69 Å². The molecule has 2 aromatic rings. The first-order valence-corrected chi connectivity index (χ1v) is 13.8. The van der Waals surface area contributed by atoms with E-state index in [1.165, 1.54) is 11.0 Å². The number of benzene rings is 1. The highest BCUT2D eigenvalue weighted by molar-refractivity contribution is 6.05. The van der Waals surface area contributed by atoms with Crippen molar-refractivity contribution in [3.63, 3.8) is 0 Å². The number of fused-ring (bicyclic) bond motifs is 2. The molecule has 2 amide bonds. The summed E-state index contributed by atoms with van der Waals surface area (Å²) >= 11 is 0. The number of pyridine rings is 1. The summed E-state index contributed by atoms with van der Waals surface area (Å²) in [6.07, 6.45) is 7.40. The molecule has 0 radical (unpaired) electrons. The Bertz CT molecular complexity index is 1410. The van der Waals surface area contributed by atoms with Crippen LogP contribution < -0.4 is 10.2 Å². The number of aryl methyl sites for hydroxylation is 1. The van der Waals surface area contributed by atoms with E-state index < -0.39 is 17.0 Å². The fraction of sp³-hybridized carbons (Fsp3) is 0.406. The minimum Gasteiger partial charge on any atom is -0.379 e. The smallest absolute Gasteiger partial charge is 0.247 e. The van der Waals surface area contributed by atoms with Gasteiger partial charge < -0.3 is 15.1 Å². The molecule has 6 nitrogen and oxygen atoms in total. The van der Waals surface area contributed by atoms with Gasteiger partial charge in [-0.3, -0.25) is 14.6 Å². The van der Waals surface area contributed by atoms with Crippen molar-refractivity contribution in [2.24, 2.45) is 0 Å². The number of nitrogens with one attached hydrogen (secondary N) is 1. The summed E-state index contributed by atoms with van der Waals surface area (Å²) in [6, 6.07) is 3.38. The van der Waals surface area contributed by atoms with Crippen LogP contribution in [0.3, 0.4) is 0 Å². The molecule has 4 rings (SSSR count). The average molecular weight is 549 g/mol. The van der Waals surface area contributed by atoms with Crippen LogP contribution in [0.2, 0.25) is 0 Å². The number of anilines is 1. The first kappa shape index (κ1) is 29.2. The van der Waals surface area contributed by atoms with Gasteiger partial charge in [0.25, 0.3) is 0 Å². The lowest BCUT2D eigenvalue weighted by Gasteiger charge is -2.35. The molecule has 1 spiro atoms. The maximum absolute atomic E-state index is 15.8. The van der Waals surface area contributed by atoms with E-state index in [4.69, 9.17) is 0 Å². The number of carbonyl (C=O) groups excluding carboxylic acids is 2. The van der Waals surface area contributed by atoms with Gasteiger partial charge in [-0.05, 0) is 79.0 Å². The molecule has 2 aliphatic rings. The van der Waals surface area contributed by atoms with E-state index in [0.29, 0.717) is 47.4 Å². The molecule has 40 heavy (non-hydrogen) atoms. The van der Waals surface area contributed by atoms with Crippen molar-refractivity contribution in [3.8, 4) is 0 Å². The third-order valence-corrected chi connectivity index (χ3v) is 8.04. The molecular weight excluding hydrogens is 510 g/mol. The van der Waals surface area contributed by atoms with Gasteiger partial charge in [0.05, 0.1) is 23.4 Å². The Balaban J connectivity index is 1.76. The second-order valence-electron chi connectivity index (χ2n) is 11.0. The maximum atomic E-state index is 15.8. The molecule has 1 fully saturated rings. The Morgan fingerprint density at radius 2 is 1.98 bits per heavy atom. The van der Waals surface area contributed by atoms with E-state index in [1.807, 2.05) is 31.9 Å². The molecule has 1 atom stereocenters. The maximum Gasteiger partial charge on any atom is 0.247 e. The van der Waals surface area contributed by atoms with Crippen molar-refractivity contribution in [2.45, 2.75) is 71.3 Å². The molecule has 1 unspecified atom stereocenters. The summed E-state index contributed by atoms with van der Waals surface area (Å²) in [5, 5.41) is 2.81. The Hall–Kier alpha value is -3.81. The zero-order valence-electron chi connectivity index (χ0n) is 24.0. The van der Waals surface area contributed by atoms with Crippen LogP contribution in [0.5, 0.6) is 0 Å². The van der Waals surface area contributed by atoms with Gasteiger partial charge in [-0.2, -0.15) is 0 Å². The number of carbonyl (C=O) groups is 2. The highest BCUT2D eigenvalue weighted by Gasteiger charge is 2.57. The zero-order chi connectivity index (χ0) is 29.4. The summed E-state index contributed by atoms with van der Waals surface area (Å²) in [6.45, 7) is 16.0. The number of nitrogens with zero attached hydrogens (tertiary/aromatic N) is 3. The third kappa shape index (κ3) is 5.19. The van der Waals surface area contributed by atoms with E-state index >= 15 is 8.78 Å². The van der Waals surface area contributed by atoms with Gasteiger partial charge in [-0.1, -0.05) is 33.9 Å². The Kier molecular flexibility index (Phi) is 8.28. The molecule has 1 aliphatic heterocycles. The number of allylic oxidation sites excluding steroid dienone is 1. The van der Waals surface area contributed by atoms with E-state index in [2.05, 4.69) is 30.4 Å². The number of hydrogen-bond donors (Lipinski definition) is 1. The van der Waals surface area contributed by atoms with Crippen LogP contribution in [0.25, 0.3) is 5.57 Å². The fourth-order valence-corrected chi connectivity index (χ4v) is 5.37. The van der Waals surface area contributed by atoms with E-state index in [9.17, 15) is 9.59 Å². The fourth-order valence-electron chi connectivity index (χ4n) is 5.37. The highest BCUT2D eigenvalue weighted by atomic mass is 19.1. The summed E-state index contributed by atoms with van der Waals surface area (Å²) in [5.74, 6) is -2.18. The van der Waals surface area contributed by atoms with Crippen LogP contribution in [0.4, 0.5) is 14.5 Å². The van der Waals surface area contributed by atoms with Gasteiger partial charge in [0.15, 0.2) is 11.6 Å². The van der Waals surface area contributed by atoms with Crippen LogP contribution in [0.1, 0.15) is 80.3 Å². The van der Waals surface area contributed by atoms with Crippen LogP contribution >= 0.6 is 0 Å². The molecule has 1 saturated carbocycles. The molecule has 2 heterocycles. The predicted octanol–water partition coefficient (Wildman–Crippen LogP) is 6.26. The lowest BCUT2D eigenvalue weighted by Crippen LogP contribution is -2.45. The molecule has 212 valence electrons. The monoisotopic (exact) mass is 548 g/mol. The first-order valence-electron chi connectivity index (χ1n) is 13.8. The zero-order valence-corrected chi connectivity index (χ0v) is 24.0. The standard InChI is InChI=1S/C32H38F2N4O2/c1-8-13-37(7)18-26(36-27(39)10-3)21(6)25-15-24-22(16-35-25)17-38(31(40)32(24)11-12-32)30-28(33)20(5)14-23(29(30)34)19(4)9-2/h10,14-16,18-19H,3,6,8-9,11-13,17H2,1-2,4-5,7H3,(H,36,39)/b26-18+. The number of halogens is 2. The van der Waals surface area contributed by atoms with Crippen molar-refractivity contribution in [2.75, 3.05) is 18.5 Å². The Labute approximate surface area is 235 Å². The Morgan fingerprint density at radius 1 is 1.27 bits per heavy atom. The average Bonchev–Trinajstić information content (AvgIpc) is 3.74. The number of aromatic nitrogens is 1. The van der Waals surface area contributed by atoms with Crippen LogP contribution in [0.15, 0.2) is 49.5 Å². The molecular formula is C32H38F2N4O2. The lowest BCUT2D eigenvalue weighted by atomic mass is 9.85. The van der Waals surface area contributed by atoms with E-state index in [-0.39, 0.29) is 30.0 Å². The van der Waals surface area contributed by atoms with Crippen molar-refractivity contribution >= 4 is 23.1 Å². The van der Waals surface area contributed by atoms with Gasteiger partial charge in [-0.15, -0.1) is 0 Å². The summed E-state index contributed by atoms with van der Waals surface area (Å²) < 4.78 is 31.2. The van der Waals surface area contributed by atoms with Crippen LogP contribution in [-0.2, 0) is 21.5 Å². The van der Waals surface area contributed by atoms with Crippen LogP contribution in [-0.4, -0.2) is 35.3 Å². The second kappa shape index (κ2) is 11.4. The largest absolute Gasteiger partial charge is 0.379 e. The highest BCUT2D eigenvalue weighted by Crippen LogP contribution is 2.54. The summed E-state index contributed by atoms with van der Waals surface area (Å²) in [7, 11) is 1.90. The number of rotatable bonds is 10. The van der Waals surface area contributed by atoms with Crippen molar-refractivity contribution in [1.29, 1.82) is 0 Å². The van der Waals surface area contributed by atoms with Gasteiger partial charge in [0, 0.05) is 31.6 Å². The normalized spacial score (nSPS) is 16.4. The molecule has 0 bridgehead atoms. The van der Waals surface area contributed by atoms with Crippen molar-refractivity contribution in [1.82, 2.24) is 15.2 Å². The first-order chi connectivity index (χ1) is 19.0. The molecule has 1 aliphatic carbocycles. The number of amides is 2. The molecule has 8 heteroatoms. The van der Waals surface area contributed by atoms with Crippen molar-refractivity contribution in [3.05, 3.63) is 89.0 Å². The SMILES string of the molecule is C=CC(=O)N/C(=C/N(C)CCC)C(=C)c1cc2c(cn1)CN(c1c(F)c(C)cc(C(C)CC)c1F)C(=O)C21CC1. The minimum absolute atomic E-state index is 0.0159. The third-order valence-electron chi connectivity index (χ3n) is 8.04. The number of hydrogen-bond acceptors (Lipinski definition) is 4. The lowest BCUT2D eigenvalue weighted by molar-refractivity contribution is -0.121. The van der Waals surface area contributed by atoms with E-state index in [0.717, 1.165) is 24.1 Å². The molecule has 1 N–H and O–H groups in total. The van der Waals surface area contributed by atoms with Gasteiger partial charge >= 0.3 is 0 Å². The van der Waals surface area contributed by atoms with Gasteiger partial charge in [-0.25, -0.2) is 8.78 Å². The minimum atomic E-state index is -0.863. The second-order valence-corrected chi connectivity index (χ2v) is 11.0. The summed E-state index contributed by atoms with van der Waals surface area (Å²) in [4.78, 5) is 33.9. The quantitative estimate of drug-likeness (QED) is 0.281. The topological polar surface area (TPSA) is 65.5 Å². The van der Waals surface area contributed by atoms with Gasteiger partial charge in [0.2, 0.25) is 11.8 Å². The predicted molar refractivity (Wildman–Crippen MR) is 155 cm³/mol. The summed E-state index contributed by atoms with van der Waals surface area (Å²) in [5.41, 5.74) is 2.60. The van der Waals surface area contributed by atoms with Crippen LogP contribution in [0, 0.1) is 18.6 Å². The van der Waals surface area contributed by atoms with Crippen molar-refractivity contribution < 1.29 is 18.4 Å². The molecule has 1 aromatic heterocycles. The molecule has 0 saturated heterocycles. The molecule has 1 aromatic carbocycles. The Morgan fingerprint density at radius 3 is 2.58 bits per heavy atom. The van der Waals surface area contributed by atoms with E-state index in [1.54, 1.807) is 25.4 Å².